The first-order valence-corrected chi connectivity index (χ1v) is 9.98. The lowest BCUT2D eigenvalue weighted by Crippen LogP contribution is -2.05. The number of hydrogen-bond acceptors (Lipinski definition) is 5. The summed E-state index contributed by atoms with van der Waals surface area (Å²) in [5.41, 5.74) is 6.05. The number of carbonyl (C=O) groups excluding carboxylic acids is 1. The second-order valence-corrected chi connectivity index (χ2v) is 7.97. The van der Waals surface area contributed by atoms with Crippen molar-refractivity contribution >= 4 is 33.5 Å². The van der Waals surface area contributed by atoms with Crippen LogP contribution in [0, 0.1) is 20.8 Å². The molecule has 0 saturated heterocycles. The van der Waals surface area contributed by atoms with Crippen LogP contribution in [0.5, 0.6) is 0 Å². The van der Waals surface area contributed by atoms with Gasteiger partial charge in [-0.2, -0.15) is 0 Å². The molecule has 3 rings (SSSR count). The number of aromatic nitrogens is 2. The number of halogens is 1. The van der Waals surface area contributed by atoms with Crippen LogP contribution in [0.4, 0.5) is 0 Å². The number of hydrogen-bond donors (Lipinski definition) is 0. The highest BCUT2D eigenvalue weighted by molar-refractivity contribution is 9.10. The first-order valence-electron chi connectivity index (χ1n) is 8.20. The van der Waals surface area contributed by atoms with Crippen LogP contribution >= 0.6 is 27.7 Å². The Morgan fingerprint density at radius 3 is 2.58 bits per heavy atom. The van der Waals surface area contributed by atoms with E-state index in [2.05, 4.69) is 39.1 Å². The van der Waals surface area contributed by atoms with Gasteiger partial charge in [0.05, 0.1) is 5.56 Å². The Morgan fingerprint density at radius 2 is 1.88 bits per heavy atom. The van der Waals surface area contributed by atoms with Crippen molar-refractivity contribution in [3.63, 3.8) is 0 Å². The van der Waals surface area contributed by atoms with Gasteiger partial charge < -0.3 is 4.42 Å². The lowest BCUT2D eigenvalue weighted by atomic mass is 9.92. The molecule has 1 aromatic heterocycles. The Hall–Kier alpha value is -1.92. The summed E-state index contributed by atoms with van der Waals surface area (Å²) >= 11 is 4.98. The normalized spacial score (nSPS) is 11.0. The van der Waals surface area contributed by atoms with Gasteiger partial charge in [0.2, 0.25) is 5.89 Å². The molecule has 134 valence electrons. The van der Waals surface area contributed by atoms with E-state index < -0.39 is 0 Å². The minimum absolute atomic E-state index is 0.0975. The van der Waals surface area contributed by atoms with E-state index in [9.17, 15) is 4.79 Å². The van der Waals surface area contributed by atoms with Gasteiger partial charge in [-0.3, -0.25) is 4.79 Å². The lowest BCUT2D eigenvalue weighted by molar-refractivity contribution is 0.101. The van der Waals surface area contributed by atoms with Gasteiger partial charge in [0.15, 0.2) is 5.78 Å². The number of nitrogens with zero attached hydrogens (tertiary/aromatic N) is 2. The third-order valence-electron chi connectivity index (χ3n) is 4.33. The Balaban J connectivity index is 1.84. The molecule has 4 nitrogen and oxygen atoms in total. The first kappa shape index (κ1) is 18.9. The van der Waals surface area contributed by atoms with Gasteiger partial charge in [-0.05, 0) is 78.0 Å². The van der Waals surface area contributed by atoms with Crippen molar-refractivity contribution in [2.24, 2.45) is 0 Å². The van der Waals surface area contributed by atoms with Crippen LogP contribution in [-0.4, -0.2) is 16.0 Å². The average Bonchev–Trinajstić information content (AvgIpc) is 3.03. The van der Waals surface area contributed by atoms with Crippen molar-refractivity contribution < 1.29 is 9.21 Å². The number of benzene rings is 2. The van der Waals surface area contributed by atoms with Crippen molar-refractivity contribution in [1.82, 2.24) is 10.2 Å². The zero-order valence-corrected chi connectivity index (χ0v) is 17.5. The Kier molecular flexibility index (Phi) is 5.63. The third-order valence-corrected chi connectivity index (χ3v) is 5.87. The van der Waals surface area contributed by atoms with Crippen molar-refractivity contribution in [2.45, 2.75) is 38.7 Å². The predicted molar refractivity (Wildman–Crippen MR) is 108 cm³/mol. The topological polar surface area (TPSA) is 56.0 Å². The molecule has 3 aromatic rings. The summed E-state index contributed by atoms with van der Waals surface area (Å²) in [4.78, 5) is 12.0. The molecule has 0 fully saturated rings. The van der Waals surface area contributed by atoms with Gasteiger partial charge in [0.1, 0.15) is 0 Å². The van der Waals surface area contributed by atoms with E-state index in [1.165, 1.54) is 17.3 Å². The first-order chi connectivity index (χ1) is 12.4. The summed E-state index contributed by atoms with van der Waals surface area (Å²) in [5, 5.41) is 8.80. The molecule has 2 aromatic carbocycles. The molecule has 26 heavy (non-hydrogen) atoms. The summed E-state index contributed by atoms with van der Waals surface area (Å²) in [6.45, 7) is 7.67. The molecule has 0 bridgehead atoms. The minimum atomic E-state index is 0.0975. The van der Waals surface area contributed by atoms with E-state index in [1.54, 1.807) is 6.92 Å². The SMILES string of the molecule is CC(=O)c1c(C)cc(C)c(CSc2nnc(-c3ccccc3Br)o2)c1C. The quantitative estimate of drug-likeness (QED) is 0.371. The highest BCUT2D eigenvalue weighted by Crippen LogP contribution is 2.32. The van der Waals surface area contributed by atoms with Gasteiger partial charge in [0.25, 0.3) is 5.22 Å². The average molecular weight is 431 g/mol. The summed E-state index contributed by atoms with van der Waals surface area (Å²) in [5.74, 6) is 1.26. The lowest BCUT2D eigenvalue weighted by Gasteiger charge is -2.15. The molecular formula is C20H19BrN2O2S. The fourth-order valence-electron chi connectivity index (χ4n) is 3.14. The number of Topliss-reactive ketones (excluding diaryl/α,β-unsaturated/α-hetero) is 1. The van der Waals surface area contributed by atoms with Gasteiger partial charge in [-0.25, -0.2) is 0 Å². The molecule has 0 spiro atoms. The van der Waals surface area contributed by atoms with Gasteiger partial charge in [0, 0.05) is 15.8 Å². The van der Waals surface area contributed by atoms with Crippen molar-refractivity contribution in [1.29, 1.82) is 0 Å². The molecule has 0 aliphatic heterocycles. The molecule has 0 aliphatic carbocycles. The van der Waals surface area contributed by atoms with Crippen LogP contribution < -0.4 is 0 Å². The zero-order valence-electron chi connectivity index (χ0n) is 15.1. The van der Waals surface area contributed by atoms with Crippen molar-refractivity contribution in [3.05, 3.63) is 62.6 Å². The summed E-state index contributed by atoms with van der Waals surface area (Å²) in [7, 11) is 0. The van der Waals surface area contributed by atoms with E-state index in [0.29, 0.717) is 16.9 Å². The largest absolute Gasteiger partial charge is 0.411 e. The number of ketones is 1. The Labute approximate surface area is 165 Å². The number of carbonyl (C=O) groups is 1. The van der Waals surface area contributed by atoms with Gasteiger partial charge in [-0.15, -0.1) is 10.2 Å². The van der Waals surface area contributed by atoms with E-state index in [-0.39, 0.29) is 5.78 Å². The van der Waals surface area contributed by atoms with Crippen LogP contribution in [0.3, 0.4) is 0 Å². The Bertz CT molecular complexity index is 982. The fourth-order valence-corrected chi connectivity index (χ4v) is 4.54. The molecule has 0 saturated carbocycles. The van der Waals surface area contributed by atoms with E-state index in [1.807, 2.05) is 38.1 Å². The Morgan fingerprint density at radius 1 is 1.15 bits per heavy atom. The maximum Gasteiger partial charge on any atom is 0.277 e. The second-order valence-electron chi connectivity index (χ2n) is 6.19. The maximum atomic E-state index is 12.0. The molecule has 6 heteroatoms. The fraction of sp³-hybridized carbons (Fsp3) is 0.250. The number of rotatable bonds is 5. The van der Waals surface area contributed by atoms with Crippen molar-refractivity contribution in [2.75, 3.05) is 0 Å². The molecule has 0 amide bonds. The smallest absolute Gasteiger partial charge is 0.277 e. The molecular weight excluding hydrogens is 412 g/mol. The van der Waals surface area contributed by atoms with Gasteiger partial charge in [-0.1, -0.05) is 30.0 Å². The summed E-state index contributed by atoms with van der Waals surface area (Å²) < 4.78 is 6.71. The molecule has 0 N–H and O–H groups in total. The monoisotopic (exact) mass is 430 g/mol. The summed E-state index contributed by atoms with van der Waals surface area (Å²) in [6.07, 6.45) is 0. The highest BCUT2D eigenvalue weighted by Gasteiger charge is 2.16. The van der Waals surface area contributed by atoms with E-state index in [0.717, 1.165) is 32.3 Å². The van der Waals surface area contributed by atoms with Gasteiger partial charge >= 0.3 is 0 Å². The summed E-state index contributed by atoms with van der Waals surface area (Å²) in [6, 6.07) is 9.81. The van der Waals surface area contributed by atoms with Crippen LogP contribution in [-0.2, 0) is 5.75 Å². The van der Waals surface area contributed by atoms with E-state index >= 15 is 0 Å². The van der Waals surface area contributed by atoms with Crippen LogP contribution in [0.2, 0.25) is 0 Å². The second kappa shape index (κ2) is 7.76. The molecule has 0 atom stereocenters. The number of aryl methyl sites for hydroxylation is 2. The predicted octanol–water partition coefficient (Wildman–Crippen LogP) is 5.92. The standard InChI is InChI=1S/C20H19BrN2O2S/c1-11-9-12(2)18(14(4)24)13(3)16(11)10-26-20-23-22-19(25-20)15-7-5-6-8-17(15)21/h5-9H,10H2,1-4H3. The number of thioether (sulfide) groups is 1. The molecule has 0 aliphatic rings. The third kappa shape index (κ3) is 3.76. The zero-order chi connectivity index (χ0) is 18.8. The molecule has 1 heterocycles. The van der Waals surface area contributed by atoms with E-state index in [4.69, 9.17) is 4.42 Å². The molecule has 0 radical (unpaired) electrons. The van der Waals surface area contributed by atoms with Crippen LogP contribution in [0.15, 0.2) is 44.4 Å². The maximum absolute atomic E-state index is 12.0. The van der Waals surface area contributed by atoms with Crippen molar-refractivity contribution in [3.8, 4) is 11.5 Å². The molecule has 0 unspecified atom stereocenters. The van der Waals surface area contributed by atoms with Crippen LogP contribution in [0.1, 0.15) is 39.5 Å². The minimum Gasteiger partial charge on any atom is -0.411 e. The van der Waals surface area contributed by atoms with Crippen LogP contribution in [0.25, 0.3) is 11.5 Å². The highest BCUT2D eigenvalue weighted by atomic mass is 79.9.